The molecule has 72 valence electrons. The van der Waals surface area contributed by atoms with Crippen molar-refractivity contribution in [3.63, 3.8) is 0 Å². The average Bonchev–Trinajstić information content (AvgIpc) is 2.16. The zero-order valence-electron chi connectivity index (χ0n) is 8.29. The number of hydrogen-bond donors (Lipinski definition) is 0. The number of hydrogen-bond acceptors (Lipinski definition) is 2. The lowest BCUT2D eigenvalue weighted by molar-refractivity contribution is 0.942. The number of nitriles is 2. The van der Waals surface area contributed by atoms with E-state index in [2.05, 4.69) is 19.1 Å². The molecule has 0 aromatic rings. The SMILES string of the molecule is CCP(CCCC#N)CCCC#N. The molecule has 0 radical (unpaired) electrons. The number of nitrogens with zero attached hydrogens (tertiary/aromatic N) is 2. The highest BCUT2D eigenvalue weighted by Gasteiger charge is 2.03. The largest absolute Gasteiger partial charge is 0.198 e. The molecule has 0 bridgehead atoms. The molecule has 0 unspecified atom stereocenters. The van der Waals surface area contributed by atoms with E-state index in [1.54, 1.807) is 0 Å². The van der Waals surface area contributed by atoms with E-state index in [1.165, 1.54) is 18.5 Å². The van der Waals surface area contributed by atoms with Gasteiger partial charge in [0.2, 0.25) is 0 Å². The van der Waals surface area contributed by atoms with Crippen LogP contribution in [0.15, 0.2) is 0 Å². The lowest BCUT2D eigenvalue weighted by atomic mass is 10.4. The lowest BCUT2D eigenvalue weighted by Crippen LogP contribution is -1.92. The summed E-state index contributed by atoms with van der Waals surface area (Å²) in [5.74, 6) is 0. The summed E-state index contributed by atoms with van der Waals surface area (Å²) in [6, 6.07) is 4.34. The zero-order chi connectivity index (χ0) is 9.94. The fraction of sp³-hybridized carbons (Fsp3) is 0.800. The second kappa shape index (κ2) is 9.50. The molecule has 0 aromatic heterocycles. The van der Waals surface area contributed by atoms with Crippen LogP contribution >= 0.6 is 7.92 Å². The van der Waals surface area contributed by atoms with Gasteiger partial charge in [-0.3, -0.25) is 0 Å². The van der Waals surface area contributed by atoms with Gasteiger partial charge in [-0.05, 0) is 31.3 Å². The molecule has 2 nitrogen and oxygen atoms in total. The Balaban J connectivity index is 3.41. The second-order valence-electron chi connectivity index (χ2n) is 2.96. The minimum atomic E-state index is 0.116. The van der Waals surface area contributed by atoms with E-state index in [9.17, 15) is 0 Å². The first-order valence-electron chi connectivity index (χ1n) is 4.81. The summed E-state index contributed by atoms with van der Waals surface area (Å²) in [6.45, 7) is 2.21. The smallest absolute Gasteiger partial charge is 0.0621 e. The molecule has 0 rings (SSSR count). The van der Waals surface area contributed by atoms with Crippen molar-refractivity contribution in [2.24, 2.45) is 0 Å². The summed E-state index contributed by atoms with van der Waals surface area (Å²) in [5.41, 5.74) is 0. The quantitative estimate of drug-likeness (QED) is 0.464. The van der Waals surface area contributed by atoms with Gasteiger partial charge in [-0.2, -0.15) is 10.5 Å². The predicted molar refractivity (Wildman–Crippen MR) is 56.9 cm³/mol. The van der Waals surface area contributed by atoms with E-state index in [0.29, 0.717) is 12.8 Å². The van der Waals surface area contributed by atoms with Gasteiger partial charge in [0, 0.05) is 12.8 Å². The maximum absolute atomic E-state index is 8.38. The van der Waals surface area contributed by atoms with Gasteiger partial charge in [0.05, 0.1) is 12.1 Å². The molecule has 0 N–H and O–H groups in total. The van der Waals surface area contributed by atoms with E-state index in [1.807, 2.05) is 0 Å². The van der Waals surface area contributed by atoms with E-state index in [4.69, 9.17) is 10.5 Å². The summed E-state index contributed by atoms with van der Waals surface area (Å²) >= 11 is 0. The van der Waals surface area contributed by atoms with Gasteiger partial charge in [0.25, 0.3) is 0 Å². The Morgan fingerprint density at radius 1 is 1.00 bits per heavy atom. The van der Waals surface area contributed by atoms with Crippen LogP contribution in [0.1, 0.15) is 32.6 Å². The lowest BCUT2D eigenvalue weighted by Gasteiger charge is -2.13. The van der Waals surface area contributed by atoms with Crippen molar-refractivity contribution >= 4 is 7.92 Å². The van der Waals surface area contributed by atoms with E-state index in [-0.39, 0.29) is 7.92 Å². The first kappa shape index (κ1) is 12.4. The van der Waals surface area contributed by atoms with Crippen LogP contribution in [0.2, 0.25) is 0 Å². The first-order chi connectivity index (χ1) is 6.35. The van der Waals surface area contributed by atoms with Gasteiger partial charge >= 0.3 is 0 Å². The van der Waals surface area contributed by atoms with Gasteiger partial charge in [-0.25, -0.2) is 0 Å². The van der Waals surface area contributed by atoms with Gasteiger partial charge in [0.1, 0.15) is 0 Å². The molecular formula is C10H17N2P. The summed E-state index contributed by atoms with van der Waals surface area (Å²) in [4.78, 5) is 0. The van der Waals surface area contributed by atoms with Crippen LogP contribution < -0.4 is 0 Å². The van der Waals surface area contributed by atoms with Crippen molar-refractivity contribution in [1.29, 1.82) is 10.5 Å². The minimum absolute atomic E-state index is 0.116. The highest BCUT2D eigenvalue weighted by molar-refractivity contribution is 7.57. The molecule has 0 amide bonds. The molecule has 13 heavy (non-hydrogen) atoms. The maximum atomic E-state index is 8.38. The Morgan fingerprint density at radius 2 is 1.46 bits per heavy atom. The Hall–Kier alpha value is -0.590. The molecule has 0 aliphatic carbocycles. The predicted octanol–water partition coefficient (Wildman–Crippen LogP) is 3.10. The van der Waals surface area contributed by atoms with Crippen LogP contribution in [0.5, 0.6) is 0 Å². The van der Waals surface area contributed by atoms with Crippen LogP contribution in [0.4, 0.5) is 0 Å². The van der Waals surface area contributed by atoms with Crippen molar-refractivity contribution < 1.29 is 0 Å². The number of rotatable bonds is 7. The third kappa shape index (κ3) is 7.76. The molecule has 0 heterocycles. The van der Waals surface area contributed by atoms with Crippen molar-refractivity contribution in [2.45, 2.75) is 32.6 Å². The molecular weight excluding hydrogens is 179 g/mol. The average molecular weight is 196 g/mol. The molecule has 0 saturated heterocycles. The van der Waals surface area contributed by atoms with Crippen LogP contribution in [-0.2, 0) is 0 Å². The van der Waals surface area contributed by atoms with E-state index >= 15 is 0 Å². The van der Waals surface area contributed by atoms with Crippen LogP contribution in [0.25, 0.3) is 0 Å². The second-order valence-corrected chi connectivity index (χ2v) is 5.83. The summed E-state index contributed by atoms with van der Waals surface area (Å²) < 4.78 is 0. The van der Waals surface area contributed by atoms with Gasteiger partial charge in [-0.1, -0.05) is 6.92 Å². The summed E-state index contributed by atoms with van der Waals surface area (Å²) in [7, 11) is 0.116. The van der Waals surface area contributed by atoms with Crippen molar-refractivity contribution in [2.75, 3.05) is 18.5 Å². The fourth-order valence-electron chi connectivity index (χ4n) is 1.19. The monoisotopic (exact) mass is 196 g/mol. The highest BCUT2D eigenvalue weighted by atomic mass is 31.1. The summed E-state index contributed by atoms with van der Waals surface area (Å²) in [5, 5.41) is 16.8. The fourth-order valence-corrected chi connectivity index (χ4v) is 3.26. The number of unbranched alkanes of at least 4 members (excludes halogenated alkanes) is 2. The van der Waals surface area contributed by atoms with Crippen molar-refractivity contribution in [1.82, 2.24) is 0 Å². The van der Waals surface area contributed by atoms with E-state index < -0.39 is 0 Å². The minimum Gasteiger partial charge on any atom is -0.198 e. The summed E-state index contributed by atoms with van der Waals surface area (Å²) in [6.07, 6.45) is 7.14. The van der Waals surface area contributed by atoms with E-state index in [0.717, 1.165) is 12.8 Å². The molecule has 3 heteroatoms. The Kier molecular flexibility index (Phi) is 9.07. The highest BCUT2D eigenvalue weighted by Crippen LogP contribution is 2.36. The normalized spacial score (nSPS) is 9.54. The van der Waals surface area contributed by atoms with Crippen LogP contribution in [0, 0.1) is 22.7 Å². The maximum Gasteiger partial charge on any atom is 0.0621 e. The van der Waals surface area contributed by atoms with Crippen LogP contribution in [-0.4, -0.2) is 18.5 Å². The molecule has 0 fully saturated rings. The third-order valence-electron chi connectivity index (χ3n) is 1.97. The topological polar surface area (TPSA) is 47.6 Å². The molecule has 0 aromatic carbocycles. The molecule has 0 spiro atoms. The standard InChI is InChI=1S/C10H17N2P/c1-2-13(9-5-3-7-11)10-6-4-8-12/h2-6,9-10H2,1H3. The Labute approximate surface area is 82.3 Å². The van der Waals surface area contributed by atoms with Crippen LogP contribution in [0.3, 0.4) is 0 Å². The molecule has 0 atom stereocenters. The van der Waals surface area contributed by atoms with Crippen molar-refractivity contribution in [3.05, 3.63) is 0 Å². The zero-order valence-corrected chi connectivity index (χ0v) is 9.19. The molecule has 0 saturated carbocycles. The molecule has 0 aliphatic heterocycles. The van der Waals surface area contributed by atoms with Gasteiger partial charge in [-0.15, -0.1) is 7.92 Å². The molecule has 0 aliphatic rings. The Morgan fingerprint density at radius 3 is 1.77 bits per heavy atom. The third-order valence-corrected chi connectivity index (χ3v) is 4.76. The van der Waals surface area contributed by atoms with Gasteiger partial charge in [0.15, 0.2) is 0 Å². The van der Waals surface area contributed by atoms with Crippen molar-refractivity contribution in [3.8, 4) is 12.1 Å². The first-order valence-corrected chi connectivity index (χ1v) is 6.71. The Bertz CT molecular complexity index is 170. The van der Waals surface area contributed by atoms with Gasteiger partial charge < -0.3 is 0 Å².